The molecule has 2 fully saturated rings. The summed E-state index contributed by atoms with van der Waals surface area (Å²) >= 11 is 0. The lowest BCUT2D eigenvalue weighted by Crippen LogP contribution is -2.15. The Balaban J connectivity index is 1.60. The third-order valence-corrected chi connectivity index (χ3v) is 3.78. The average Bonchev–Trinajstić information content (AvgIpc) is 3.17. The van der Waals surface area contributed by atoms with Crippen molar-refractivity contribution in [1.82, 2.24) is 0 Å². The Morgan fingerprint density at radius 2 is 2.24 bits per heavy atom. The Bertz CT molecular complexity index is 440. The molecule has 0 saturated heterocycles. The van der Waals surface area contributed by atoms with E-state index in [0.29, 0.717) is 5.92 Å². The van der Waals surface area contributed by atoms with E-state index in [2.05, 4.69) is 5.32 Å². The molecule has 2 N–H and O–H groups in total. The van der Waals surface area contributed by atoms with Crippen LogP contribution in [0.3, 0.4) is 0 Å². The average molecular weight is 231 g/mol. The van der Waals surface area contributed by atoms with Crippen LogP contribution in [-0.2, 0) is 11.4 Å². The van der Waals surface area contributed by atoms with Crippen molar-refractivity contribution in [1.29, 1.82) is 0 Å². The molecule has 0 aromatic heterocycles. The summed E-state index contributed by atoms with van der Waals surface area (Å²) in [6.07, 6.45) is 3.69. The maximum absolute atomic E-state index is 11.9. The summed E-state index contributed by atoms with van der Waals surface area (Å²) < 4.78 is 0. The quantitative estimate of drug-likeness (QED) is 0.834. The van der Waals surface area contributed by atoms with Crippen LogP contribution in [0.1, 0.15) is 24.8 Å². The number of nitrogens with one attached hydrogen (secondary N) is 1. The first kappa shape index (κ1) is 10.8. The SMILES string of the molecule is O=C(Nc1cccc(CO)c1)C1CC1C1CC1. The lowest BCUT2D eigenvalue weighted by Gasteiger charge is -2.06. The summed E-state index contributed by atoms with van der Waals surface area (Å²) in [5, 5.41) is 12.0. The molecule has 0 heterocycles. The van der Waals surface area contributed by atoms with Crippen molar-refractivity contribution in [3.8, 4) is 0 Å². The van der Waals surface area contributed by atoms with Gasteiger partial charge in [-0.15, -0.1) is 0 Å². The van der Waals surface area contributed by atoms with E-state index in [-0.39, 0.29) is 18.4 Å². The summed E-state index contributed by atoms with van der Waals surface area (Å²) in [5.74, 6) is 1.86. The maximum atomic E-state index is 11.9. The fourth-order valence-corrected chi connectivity index (χ4v) is 2.54. The highest BCUT2D eigenvalue weighted by Gasteiger charge is 2.51. The molecule has 2 atom stereocenters. The number of aliphatic hydroxyl groups is 1. The molecule has 1 amide bonds. The van der Waals surface area contributed by atoms with Gasteiger partial charge in [-0.3, -0.25) is 4.79 Å². The molecule has 0 bridgehead atoms. The summed E-state index contributed by atoms with van der Waals surface area (Å²) in [7, 11) is 0. The number of aliphatic hydroxyl groups excluding tert-OH is 1. The number of carbonyl (C=O) groups is 1. The number of carbonyl (C=O) groups excluding carboxylic acids is 1. The van der Waals surface area contributed by atoms with Gasteiger partial charge in [0.2, 0.25) is 5.91 Å². The number of anilines is 1. The fraction of sp³-hybridized carbons (Fsp3) is 0.500. The van der Waals surface area contributed by atoms with Crippen LogP contribution < -0.4 is 5.32 Å². The molecule has 17 heavy (non-hydrogen) atoms. The minimum Gasteiger partial charge on any atom is -0.392 e. The van der Waals surface area contributed by atoms with E-state index in [1.807, 2.05) is 24.3 Å². The Morgan fingerprint density at radius 1 is 1.41 bits per heavy atom. The molecule has 3 heteroatoms. The van der Waals surface area contributed by atoms with E-state index < -0.39 is 0 Å². The molecule has 0 radical (unpaired) electrons. The van der Waals surface area contributed by atoms with Gasteiger partial charge in [-0.25, -0.2) is 0 Å². The Labute approximate surface area is 101 Å². The van der Waals surface area contributed by atoms with Gasteiger partial charge in [0.15, 0.2) is 0 Å². The van der Waals surface area contributed by atoms with Crippen molar-refractivity contribution in [2.45, 2.75) is 25.9 Å². The minimum absolute atomic E-state index is 0.0117. The second-order valence-corrected chi connectivity index (χ2v) is 5.19. The lowest BCUT2D eigenvalue weighted by molar-refractivity contribution is -0.117. The third kappa shape index (κ3) is 2.34. The van der Waals surface area contributed by atoms with E-state index >= 15 is 0 Å². The first-order valence-electron chi connectivity index (χ1n) is 6.28. The van der Waals surface area contributed by atoms with Gasteiger partial charge < -0.3 is 10.4 Å². The van der Waals surface area contributed by atoms with Crippen molar-refractivity contribution in [2.24, 2.45) is 17.8 Å². The van der Waals surface area contributed by atoms with Crippen LogP contribution in [0.15, 0.2) is 24.3 Å². The van der Waals surface area contributed by atoms with Gasteiger partial charge in [0, 0.05) is 11.6 Å². The molecule has 2 saturated carbocycles. The molecule has 2 aliphatic carbocycles. The van der Waals surface area contributed by atoms with E-state index in [1.54, 1.807) is 0 Å². The summed E-state index contributed by atoms with van der Waals surface area (Å²) in [6, 6.07) is 7.39. The van der Waals surface area contributed by atoms with E-state index in [9.17, 15) is 4.79 Å². The molecule has 0 aliphatic heterocycles. The number of hydrogen-bond acceptors (Lipinski definition) is 2. The molecule has 3 rings (SSSR count). The number of amides is 1. The minimum atomic E-state index is 0.0117. The van der Waals surface area contributed by atoms with Gasteiger partial charge >= 0.3 is 0 Å². The zero-order valence-electron chi connectivity index (χ0n) is 9.73. The van der Waals surface area contributed by atoms with Crippen molar-refractivity contribution in [3.63, 3.8) is 0 Å². The zero-order valence-corrected chi connectivity index (χ0v) is 9.73. The predicted octanol–water partition coefficient (Wildman–Crippen LogP) is 2.16. The largest absolute Gasteiger partial charge is 0.392 e. The molecule has 90 valence electrons. The van der Waals surface area contributed by atoms with Crippen LogP contribution in [0, 0.1) is 17.8 Å². The molecule has 0 spiro atoms. The molecular weight excluding hydrogens is 214 g/mol. The number of hydrogen-bond donors (Lipinski definition) is 2. The highest BCUT2D eigenvalue weighted by molar-refractivity contribution is 5.94. The van der Waals surface area contributed by atoms with E-state index in [1.165, 1.54) is 12.8 Å². The summed E-state index contributed by atoms with van der Waals surface area (Å²) in [5.41, 5.74) is 1.63. The Kier molecular flexibility index (Phi) is 2.63. The highest BCUT2D eigenvalue weighted by atomic mass is 16.3. The van der Waals surface area contributed by atoms with Crippen molar-refractivity contribution in [2.75, 3.05) is 5.32 Å². The number of benzene rings is 1. The standard InChI is InChI=1S/C14H17NO2/c16-8-9-2-1-3-11(6-9)15-14(17)13-7-12(13)10-4-5-10/h1-3,6,10,12-13,16H,4-5,7-8H2,(H,15,17). The van der Waals surface area contributed by atoms with Gasteiger partial charge in [0.05, 0.1) is 6.61 Å². The number of rotatable bonds is 4. The molecule has 2 aliphatic rings. The molecule has 1 aromatic rings. The normalized spacial score (nSPS) is 26.6. The second kappa shape index (κ2) is 4.15. The summed E-state index contributed by atoms with van der Waals surface area (Å²) in [4.78, 5) is 11.9. The Morgan fingerprint density at radius 3 is 2.94 bits per heavy atom. The van der Waals surface area contributed by atoms with E-state index in [0.717, 1.165) is 23.6 Å². The van der Waals surface area contributed by atoms with Gasteiger partial charge in [-0.2, -0.15) is 0 Å². The molecular formula is C14H17NO2. The third-order valence-electron chi connectivity index (χ3n) is 3.78. The van der Waals surface area contributed by atoms with Crippen molar-refractivity contribution in [3.05, 3.63) is 29.8 Å². The lowest BCUT2D eigenvalue weighted by atomic mass is 10.2. The smallest absolute Gasteiger partial charge is 0.227 e. The zero-order chi connectivity index (χ0) is 11.8. The van der Waals surface area contributed by atoms with Crippen LogP contribution in [0.2, 0.25) is 0 Å². The van der Waals surface area contributed by atoms with Crippen LogP contribution >= 0.6 is 0 Å². The molecule has 1 aromatic carbocycles. The van der Waals surface area contributed by atoms with Gasteiger partial charge in [-0.05, 0) is 48.8 Å². The highest BCUT2D eigenvalue weighted by Crippen LogP contribution is 2.54. The van der Waals surface area contributed by atoms with Gasteiger partial charge in [-0.1, -0.05) is 12.1 Å². The first-order chi connectivity index (χ1) is 8.28. The van der Waals surface area contributed by atoms with Gasteiger partial charge in [0.1, 0.15) is 0 Å². The van der Waals surface area contributed by atoms with Crippen molar-refractivity contribution >= 4 is 11.6 Å². The topological polar surface area (TPSA) is 49.3 Å². The van der Waals surface area contributed by atoms with Crippen LogP contribution in [0.4, 0.5) is 5.69 Å². The fourth-order valence-electron chi connectivity index (χ4n) is 2.54. The van der Waals surface area contributed by atoms with Crippen LogP contribution in [0.5, 0.6) is 0 Å². The van der Waals surface area contributed by atoms with Crippen molar-refractivity contribution < 1.29 is 9.90 Å². The Hall–Kier alpha value is -1.35. The van der Waals surface area contributed by atoms with Gasteiger partial charge in [0.25, 0.3) is 0 Å². The first-order valence-corrected chi connectivity index (χ1v) is 6.28. The second-order valence-electron chi connectivity index (χ2n) is 5.19. The maximum Gasteiger partial charge on any atom is 0.227 e. The summed E-state index contributed by atoms with van der Waals surface area (Å²) in [6.45, 7) is 0.0117. The molecule has 3 nitrogen and oxygen atoms in total. The molecule has 2 unspecified atom stereocenters. The monoisotopic (exact) mass is 231 g/mol. The van der Waals surface area contributed by atoms with Crippen LogP contribution in [-0.4, -0.2) is 11.0 Å². The van der Waals surface area contributed by atoms with Crippen LogP contribution in [0.25, 0.3) is 0 Å². The predicted molar refractivity (Wildman–Crippen MR) is 65.3 cm³/mol. The van der Waals surface area contributed by atoms with E-state index in [4.69, 9.17) is 5.11 Å².